The average Bonchev–Trinajstić information content (AvgIpc) is 2.41. The first-order chi connectivity index (χ1) is 9.87. The molecule has 118 valence electrons. The normalized spacial score (nSPS) is 18.1. The van der Waals surface area contributed by atoms with Gasteiger partial charge in [-0.25, -0.2) is 4.39 Å². The molecule has 0 saturated carbocycles. The van der Waals surface area contributed by atoms with E-state index in [4.69, 9.17) is 5.73 Å². The third-order valence-electron chi connectivity index (χ3n) is 3.81. The van der Waals surface area contributed by atoms with Gasteiger partial charge in [-0.15, -0.1) is 0 Å². The molecule has 0 aromatic heterocycles. The molecule has 1 aromatic carbocycles. The Morgan fingerprint density at radius 3 is 2.38 bits per heavy atom. The Bertz CT molecular complexity index is 465. The van der Waals surface area contributed by atoms with Crippen LogP contribution in [0.25, 0.3) is 0 Å². The Morgan fingerprint density at radius 1 is 1.19 bits per heavy atom. The van der Waals surface area contributed by atoms with Gasteiger partial charge in [0.2, 0.25) is 0 Å². The first-order valence-corrected chi connectivity index (χ1v) is 7.52. The van der Waals surface area contributed by atoms with Gasteiger partial charge in [0, 0.05) is 51.4 Å². The summed E-state index contributed by atoms with van der Waals surface area (Å²) >= 11 is 0. The second kappa shape index (κ2) is 6.83. The van der Waals surface area contributed by atoms with Crippen LogP contribution in [0.1, 0.15) is 25.0 Å². The molecule has 1 aromatic rings. The van der Waals surface area contributed by atoms with Gasteiger partial charge in [-0.05, 0) is 25.5 Å². The molecule has 0 amide bonds. The van der Waals surface area contributed by atoms with Crippen LogP contribution >= 0.6 is 0 Å². The Balaban J connectivity index is 1.86. The van der Waals surface area contributed by atoms with Crippen molar-refractivity contribution in [3.05, 3.63) is 35.1 Å². The predicted octanol–water partition coefficient (Wildman–Crippen LogP) is 1.17. The number of hydrogen-bond donors (Lipinski definition) is 2. The summed E-state index contributed by atoms with van der Waals surface area (Å²) in [6.07, 6.45) is 0. The maximum Gasteiger partial charge on any atom is 0.127 e. The van der Waals surface area contributed by atoms with Crippen molar-refractivity contribution in [3.63, 3.8) is 0 Å². The van der Waals surface area contributed by atoms with E-state index in [1.54, 1.807) is 0 Å². The van der Waals surface area contributed by atoms with Gasteiger partial charge in [0.15, 0.2) is 0 Å². The van der Waals surface area contributed by atoms with Crippen LogP contribution in [0.4, 0.5) is 4.39 Å². The van der Waals surface area contributed by atoms with Crippen molar-refractivity contribution in [2.75, 3.05) is 32.7 Å². The molecule has 3 N–H and O–H groups in total. The molecule has 1 aliphatic rings. The molecule has 1 saturated heterocycles. The van der Waals surface area contributed by atoms with E-state index in [-0.39, 0.29) is 12.4 Å². The van der Waals surface area contributed by atoms with Gasteiger partial charge in [-0.2, -0.15) is 0 Å². The fraction of sp³-hybridized carbons (Fsp3) is 0.625. The summed E-state index contributed by atoms with van der Waals surface area (Å²) < 4.78 is 13.4. The second-order valence-corrected chi connectivity index (χ2v) is 6.49. The topological polar surface area (TPSA) is 52.7 Å². The van der Waals surface area contributed by atoms with Crippen molar-refractivity contribution in [2.24, 2.45) is 5.73 Å². The molecular weight excluding hydrogens is 269 g/mol. The van der Waals surface area contributed by atoms with Gasteiger partial charge in [-0.1, -0.05) is 12.1 Å². The summed E-state index contributed by atoms with van der Waals surface area (Å²) in [5, 5.41) is 9.85. The summed E-state index contributed by atoms with van der Waals surface area (Å²) in [4.78, 5) is 4.64. The minimum atomic E-state index is -0.644. The first kappa shape index (κ1) is 16.4. The third-order valence-corrected chi connectivity index (χ3v) is 3.81. The van der Waals surface area contributed by atoms with E-state index < -0.39 is 5.60 Å². The van der Waals surface area contributed by atoms with Gasteiger partial charge < -0.3 is 10.8 Å². The highest BCUT2D eigenvalue weighted by Crippen LogP contribution is 2.14. The number of halogens is 1. The van der Waals surface area contributed by atoms with Gasteiger partial charge in [0.05, 0.1) is 5.60 Å². The highest BCUT2D eigenvalue weighted by Gasteiger charge is 2.22. The molecule has 0 radical (unpaired) electrons. The number of rotatable bonds is 5. The third kappa shape index (κ3) is 5.04. The van der Waals surface area contributed by atoms with Crippen molar-refractivity contribution in [3.8, 4) is 0 Å². The maximum absolute atomic E-state index is 13.4. The largest absolute Gasteiger partial charge is 0.389 e. The molecule has 1 aliphatic heterocycles. The smallest absolute Gasteiger partial charge is 0.127 e. The van der Waals surface area contributed by atoms with Crippen LogP contribution in [0, 0.1) is 5.82 Å². The maximum atomic E-state index is 13.4. The van der Waals surface area contributed by atoms with Gasteiger partial charge in [-0.3, -0.25) is 9.80 Å². The number of benzene rings is 1. The quantitative estimate of drug-likeness (QED) is 0.856. The van der Waals surface area contributed by atoms with Crippen molar-refractivity contribution in [1.82, 2.24) is 9.80 Å². The highest BCUT2D eigenvalue weighted by atomic mass is 19.1. The summed E-state index contributed by atoms with van der Waals surface area (Å²) in [5.74, 6) is -0.226. The van der Waals surface area contributed by atoms with E-state index in [0.717, 1.165) is 38.3 Å². The molecule has 0 spiro atoms. The fourth-order valence-corrected chi connectivity index (χ4v) is 2.79. The number of piperazine rings is 1. The SMILES string of the molecule is CC(C)(O)CN1CCN(Cc2ccc(F)c(CN)c2)CC1. The number of β-amino-alcohol motifs (C(OH)–C–C–N with tert-alkyl or cyclic N) is 1. The molecule has 1 heterocycles. The van der Waals surface area contributed by atoms with Gasteiger partial charge in [0.25, 0.3) is 0 Å². The Labute approximate surface area is 126 Å². The number of aliphatic hydroxyl groups is 1. The fourth-order valence-electron chi connectivity index (χ4n) is 2.79. The summed E-state index contributed by atoms with van der Waals surface area (Å²) in [6.45, 7) is 9.27. The van der Waals surface area contributed by atoms with Crippen molar-refractivity contribution >= 4 is 0 Å². The van der Waals surface area contributed by atoms with Crippen LogP contribution in [0.15, 0.2) is 18.2 Å². The van der Waals surface area contributed by atoms with Crippen LogP contribution in [0.5, 0.6) is 0 Å². The molecule has 0 atom stereocenters. The molecule has 2 rings (SSSR count). The zero-order valence-electron chi connectivity index (χ0n) is 13.0. The van der Waals surface area contributed by atoms with Crippen LogP contribution in [0.3, 0.4) is 0 Å². The zero-order chi connectivity index (χ0) is 15.5. The van der Waals surface area contributed by atoms with E-state index in [0.29, 0.717) is 12.1 Å². The van der Waals surface area contributed by atoms with E-state index in [1.807, 2.05) is 26.0 Å². The summed E-state index contributed by atoms with van der Waals surface area (Å²) in [6, 6.07) is 5.19. The molecular formula is C16H26FN3O. The molecule has 0 unspecified atom stereocenters. The molecule has 0 aliphatic carbocycles. The van der Waals surface area contributed by atoms with Crippen molar-refractivity contribution < 1.29 is 9.50 Å². The zero-order valence-corrected chi connectivity index (χ0v) is 13.0. The van der Waals surface area contributed by atoms with Gasteiger partial charge in [0.1, 0.15) is 5.82 Å². The van der Waals surface area contributed by atoms with E-state index in [1.165, 1.54) is 6.07 Å². The van der Waals surface area contributed by atoms with Crippen LogP contribution in [-0.2, 0) is 13.1 Å². The Morgan fingerprint density at radius 2 is 1.81 bits per heavy atom. The minimum absolute atomic E-state index is 0.226. The van der Waals surface area contributed by atoms with Crippen LogP contribution in [0.2, 0.25) is 0 Å². The molecule has 21 heavy (non-hydrogen) atoms. The summed E-state index contributed by atoms with van der Waals surface area (Å²) in [5.41, 5.74) is 6.58. The first-order valence-electron chi connectivity index (χ1n) is 7.52. The number of hydrogen-bond acceptors (Lipinski definition) is 4. The Hall–Kier alpha value is -1.01. The van der Waals surface area contributed by atoms with Crippen LogP contribution in [-0.4, -0.2) is 53.2 Å². The lowest BCUT2D eigenvalue weighted by molar-refractivity contribution is 0.0167. The van der Waals surface area contributed by atoms with E-state index >= 15 is 0 Å². The van der Waals surface area contributed by atoms with Crippen LogP contribution < -0.4 is 5.73 Å². The monoisotopic (exact) mass is 295 g/mol. The second-order valence-electron chi connectivity index (χ2n) is 6.49. The lowest BCUT2D eigenvalue weighted by atomic mass is 10.1. The lowest BCUT2D eigenvalue weighted by Crippen LogP contribution is -2.50. The lowest BCUT2D eigenvalue weighted by Gasteiger charge is -2.37. The van der Waals surface area contributed by atoms with Gasteiger partial charge >= 0.3 is 0 Å². The average molecular weight is 295 g/mol. The van der Waals surface area contributed by atoms with Crippen molar-refractivity contribution in [1.29, 1.82) is 0 Å². The number of nitrogens with two attached hydrogens (primary N) is 1. The predicted molar refractivity (Wildman–Crippen MR) is 82.3 cm³/mol. The standard InChI is InChI=1S/C16H26FN3O/c1-16(2,21)12-20-7-5-19(6-8-20)11-13-3-4-15(17)14(9-13)10-18/h3-4,9,21H,5-8,10-12,18H2,1-2H3. The molecule has 4 nitrogen and oxygen atoms in total. The van der Waals surface area contributed by atoms with E-state index in [2.05, 4.69) is 9.80 Å². The van der Waals surface area contributed by atoms with Crippen molar-refractivity contribution in [2.45, 2.75) is 32.5 Å². The number of nitrogens with zero attached hydrogens (tertiary/aromatic N) is 2. The highest BCUT2D eigenvalue weighted by molar-refractivity contribution is 5.25. The Kier molecular flexibility index (Phi) is 5.32. The van der Waals surface area contributed by atoms with E-state index in [9.17, 15) is 9.50 Å². The summed E-state index contributed by atoms with van der Waals surface area (Å²) in [7, 11) is 0. The molecule has 0 bridgehead atoms. The molecule has 5 heteroatoms. The minimum Gasteiger partial charge on any atom is -0.389 e. The molecule has 1 fully saturated rings.